The molecule has 0 N–H and O–H groups in total. The minimum absolute atomic E-state index is 0.118. The SMILES string of the molecule is CC/C=C\C/C=C\C/C=C\C/C=C\C/C=C\C/C=C\C/C=C\C/C=C\C/C=C\CCCC(=O)OCC(COC(=O)CCCCC/C=C\C/C=C\C/C=C\CC)OC(=O)CCCCCCCCCCC/C=C\CCCCCCCC. The number of hydrogen-bond donors (Lipinski definition) is 0. The van der Waals surface area contributed by atoms with Crippen LogP contribution in [0.25, 0.3) is 0 Å². The van der Waals surface area contributed by atoms with Crippen molar-refractivity contribution >= 4 is 17.9 Å². The van der Waals surface area contributed by atoms with Gasteiger partial charge in [-0.05, 0) is 141 Å². The molecule has 0 rings (SSSR count). The Morgan fingerprint density at radius 2 is 0.506 bits per heavy atom. The molecule has 0 aromatic rings. The van der Waals surface area contributed by atoms with Crippen molar-refractivity contribution in [3.05, 3.63) is 158 Å². The van der Waals surface area contributed by atoms with Gasteiger partial charge >= 0.3 is 17.9 Å². The summed E-state index contributed by atoms with van der Waals surface area (Å²) in [7, 11) is 0. The number of allylic oxidation sites excluding steroid dienone is 26. The fourth-order valence-corrected chi connectivity index (χ4v) is 8.28. The fourth-order valence-electron chi connectivity index (χ4n) is 8.28. The van der Waals surface area contributed by atoms with Crippen LogP contribution in [0, 0.1) is 0 Å². The lowest BCUT2D eigenvalue weighted by Gasteiger charge is -2.18. The zero-order chi connectivity index (χ0) is 57.1. The molecule has 0 aliphatic heterocycles. The summed E-state index contributed by atoms with van der Waals surface area (Å²) in [6, 6.07) is 0. The van der Waals surface area contributed by atoms with Gasteiger partial charge in [0.1, 0.15) is 13.2 Å². The zero-order valence-corrected chi connectivity index (χ0v) is 50.8. The second-order valence-corrected chi connectivity index (χ2v) is 20.5. The third-order valence-electron chi connectivity index (χ3n) is 13.0. The normalized spacial score (nSPS) is 13.2. The van der Waals surface area contributed by atoms with Gasteiger partial charge in [-0.1, -0.05) is 262 Å². The van der Waals surface area contributed by atoms with Gasteiger partial charge in [-0.15, -0.1) is 0 Å². The molecule has 0 spiro atoms. The quantitative estimate of drug-likeness (QED) is 0.0261. The Labute approximate surface area is 486 Å². The monoisotopic (exact) mass is 1090 g/mol. The summed E-state index contributed by atoms with van der Waals surface area (Å²) in [5.41, 5.74) is 0. The molecule has 0 heterocycles. The second-order valence-electron chi connectivity index (χ2n) is 20.5. The zero-order valence-electron chi connectivity index (χ0n) is 50.8. The molecular weight excluding hydrogens is 973 g/mol. The summed E-state index contributed by atoms with van der Waals surface area (Å²) in [4.78, 5) is 38.3. The molecular formula is C73H116O6. The summed E-state index contributed by atoms with van der Waals surface area (Å²) < 4.78 is 16.8. The van der Waals surface area contributed by atoms with Gasteiger partial charge in [0.05, 0.1) is 0 Å². The predicted molar refractivity (Wildman–Crippen MR) is 343 cm³/mol. The first-order chi connectivity index (χ1) is 39.0. The van der Waals surface area contributed by atoms with Crippen LogP contribution in [0.1, 0.15) is 265 Å². The van der Waals surface area contributed by atoms with Gasteiger partial charge in [0.2, 0.25) is 0 Å². The fraction of sp³-hybridized carbons (Fsp3) is 0.603. The van der Waals surface area contributed by atoms with Crippen LogP contribution in [0.2, 0.25) is 0 Å². The highest BCUT2D eigenvalue weighted by molar-refractivity contribution is 5.71. The van der Waals surface area contributed by atoms with Crippen LogP contribution >= 0.6 is 0 Å². The number of unbranched alkanes of at least 4 members (excludes halogenated alkanes) is 19. The van der Waals surface area contributed by atoms with Crippen LogP contribution in [0.4, 0.5) is 0 Å². The smallest absolute Gasteiger partial charge is 0.306 e. The molecule has 0 amide bonds. The van der Waals surface area contributed by atoms with Gasteiger partial charge in [-0.2, -0.15) is 0 Å². The Hall–Kier alpha value is -4.97. The molecule has 0 aliphatic rings. The summed E-state index contributed by atoms with van der Waals surface area (Å²) in [6.07, 6.45) is 95.4. The molecule has 0 aliphatic carbocycles. The van der Waals surface area contributed by atoms with E-state index in [9.17, 15) is 14.4 Å². The van der Waals surface area contributed by atoms with Crippen molar-refractivity contribution in [1.29, 1.82) is 0 Å². The molecule has 1 unspecified atom stereocenters. The maximum absolute atomic E-state index is 12.9. The number of esters is 3. The Bertz CT molecular complexity index is 1780. The third kappa shape index (κ3) is 63.7. The average Bonchev–Trinajstić information content (AvgIpc) is 3.45. The largest absolute Gasteiger partial charge is 0.462 e. The van der Waals surface area contributed by atoms with E-state index in [0.717, 1.165) is 128 Å². The topological polar surface area (TPSA) is 78.9 Å². The van der Waals surface area contributed by atoms with Crippen LogP contribution in [-0.2, 0) is 28.6 Å². The van der Waals surface area contributed by atoms with Gasteiger partial charge in [0.25, 0.3) is 0 Å². The first-order valence-electron chi connectivity index (χ1n) is 32.0. The van der Waals surface area contributed by atoms with Crippen LogP contribution in [0.3, 0.4) is 0 Å². The molecule has 1 atom stereocenters. The van der Waals surface area contributed by atoms with Gasteiger partial charge in [-0.3, -0.25) is 14.4 Å². The van der Waals surface area contributed by atoms with E-state index in [1.807, 2.05) is 0 Å². The number of hydrogen-bond acceptors (Lipinski definition) is 6. The molecule has 0 fully saturated rings. The van der Waals surface area contributed by atoms with E-state index in [-0.39, 0.29) is 37.5 Å². The van der Waals surface area contributed by atoms with Gasteiger partial charge in [0.15, 0.2) is 6.10 Å². The molecule has 0 radical (unpaired) electrons. The lowest BCUT2D eigenvalue weighted by atomic mass is 10.1. The Balaban J connectivity index is 4.47. The molecule has 79 heavy (non-hydrogen) atoms. The highest BCUT2D eigenvalue weighted by Crippen LogP contribution is 2.14. The Morgan fingerprint density at radius 3 is 0.848 bits per heavy atom. The van der Waals surface area contributed by atoms with E-state index in [1.54, 1.807) is 0 Å². The number of carbonyl (C=O) groups excluding carboxylic acids is 3. The van der Waals surface area contributed by atoms with Gasteiger partial charge < -0.3 is 14.2 Å². The van der Waals surface area contributed by atoms with E-state index < -0.39 is 6.10 Å². The highest BCUT2D eigenvalue weighted by Gasteiger charge is 2.19. The predicted octanol–water partition coefficient (Wildman–Crippen LogP) is 22.1. The minimum atomic E-state index is -0.823. The Kier molecular flexibility index (Phi) is 61.4. The lowest BCUT2D eigenvalue weighted by Crippen LogP contribution is -2.30. The first kappa shape index (κ1) is 74.0. The highest BCUT2D eigenvalue weighted by atomic mass is 16.6. The van der Waals surface area contributed by atoms with E-state index in [4.69, 9.17) is 14.2 Å². The van der Waals surface area contributed by atoms with Crippen molar-refractivity contribution in [3.63, 3.8) is 0 Å². The summed E-state index contributed by atoms with van der Waals surface area (Å²) in [5, 5.41) is 0. The van der Waals surface area contributed by atoms with Crippen molar-refractivity contribution in [2.45, 2.75) is 271 Å². The van der Waals surface area contributed by atoms with Crippen molar-refractivity contribution in [3.8, 4) is 0 Å². The third-order valence-corrected chi connectivity index (χ3v) is 13.0. The standard InChI is InChI=1S/C73H116O6/c1-4-7-10-13-16-19-22-25-27-29-31-32-33-34-35-36-37-38-39-40-42-43-45-48-51-54-57-60-63-66-72(75)78-69-70(68-77-71(74)65-62-59-56-53-50-47-24-21-18-15-12-9-6-3)79-73(76)67-64-61-58-55-52-49-46-44-41-30-28-26-23-20-17-14-11-8-5-2/h7,9-10,12,16,18-19,21,25-28,31-32,34-35,37-38,40,42,45,47-48,50,54,57,70H,4-6,8,11,13-15,17,20,22-24,29-30,33,36,39,41,43-44,46,49,51-53,55-56,58-69H2,1-3H3/b10-7-,12-9-,19-16-,21-18-,27-25-,28-26-,32-31-,35-34-,38-37-,42-40-,48-45-,50-47-,57-54-. The van der Waals surface area contributed by atoms with Gasteiger partial charge in [-0.25, -0.2) is 0 Å². The number of ether oxygens (including phenoxy) is 3. The summed E-state index contributed by atoms with van der Waals surface area (Å²) in [5.74, 6) is -1.01. The van der Waals surface area contributed by atoms with E-state index in [2.05, 4.69) is 179 Å². The minimum Gasteiger partial charge on any atom is -0.462 e. The van der Waals surface area contributed by atoms with Crippen LogP contribution in [-0.4, -0.2) is 37.2 Å². The van der Waals surface area contributed by atoms with Crippen LogP contribution in [0.15, 0.2) is 158 Å². The average molecular weight is 1090 g/mol. The van der Waals surface area contributed by atoms with Crippen molar-refractivity contribution in [2.75, 3.05) is 13.2 Å². The number of rotatable bonds is 56. The maximum Gasteiger partial charge on any atom is 0.306 e. The molecule has 0 saturated carbocycles. The van der Waals surface area contributed by atoms with E-state index in [1.165, 1.54) is 89.9 Å². The van der Waals surface area contributed by atoms with Crippen LogP contribution < -0.4 is 0 Å². The van der Waals surface area contributed by atoms with E-state index in [0.29, 0.717) is 19.3 Å². The van der Waals surface area contributed by atoms with Crippen molar-refractivity contribution < 1.29 is 28.6 Å². The van der Waals surface area contributed by atoms with E-state index >= 15 is 0 Å². The molecule has 444 valence electrons. The molecule has 6 heteroatoms. The van der Waals surface area contributed by atoms with Crippen molar-refractivity contribution in [1.82, 2.24) is 0 Å². The molecule has 0 aromatic heterocycles. The summed E-state index contributed by atoms with van der Waals surface area (Å²) >= 11 is 0. The lowest BCUT2D eigenvalue weighted by molar-refractivity contribution is -0.167. The molecule has 0 aromatic carbocycles. The first-order valence-corrected chi connectivity index (χ1v) is 32.0. The maximum atomic E-state index is 12.9. The second kappa shape index (κ2) is 65.5. The Morgan fingerprint density at radius 1 is 0.266 bits per heavy atom. The molecule has 6 nitrogen and oxygen atoms in total. The molecule has 0 bridgehead atoms. The van der Waals surface area contributed by atoms with Crippen LogP contribution in [0.5, 0.6) is 0 Å². The van der Waals surface area contributed by atoms with Gasteiger partial charge in [0, 0.05) is 19.3 Å². The summed E-state index contributed by atoms with van der Waals surface area (Å²) in [6.45, 7) is 6.33. The molecule has 0 saturated heterocycles. The number of carbonyl (C=O) groups is 3. The van der Waals surface area contributed by atoms with Crippen molar-refractivity contribution in [2.24, 2.45) is 0 Å².